The molecule has 7 nitrogen and oxygen atoms in total. The van der Waals surface area contributed by atoms with Gasteiger partial charge in [0, 0.05) is 18.7 Å². The highest BCUT2D eigenvalue weighted by Crippen LogP contribution is 2.32. The molecule has 32 heavy (non-hydrogen) atoms. The summed E-state index contributed by atoms with van der Waals surface area (Å²) in [5.74, 6) is 0.281. The van der Waals surface area contributed by atoms with E-state index >= 15 is 0 Å². The van der Waals surface area contributed by atoms with Crippen LogP contribution in [0.25, 0.3) is 11.5 Å². The Morgan fingerprint density at radius 3 is 2.72 bits per heavy atom. The molecule has 2 aromatic heterocycles. The molecular weight excluding hydrogens is 404 g/mol. The summed E-state index contributed by atoms with van der Waals surface area (Å²) in [7, 11) is 0. The lowest BCUT2D eigenvalue weighted by Crippen LogP contribution is -2.64. The fourth-order valence-corrected chi connectivity index (χ4v) is 4.80. The molecule has 1 N–H and O–H groups in total. The maximum absolute atomic E-state index is 13.7. The van der Waals surface area contributed by atoms with Crippen LogP contribution in [0.15, 0.2) is 53.1 Å². The van der Waals surface area contributed by atoms with Crippen molar-refractivity contribution in [1.29, 1.82) is 0 Å². The molecule has 2 aliphatic rings. The van der Waals surface area contributed by atoms with E-state index in [-0.39, 0.29) is 17.9 Å². The summed E-state index contributed by atoms with van der Waals surface area (Å²) in [6.45, 7) is 4.53. The topological polar surface area (TPSA) is 80.4 Å². The fourth-order valence-electron chi connectivity index (χ4n) is 4.80. The van der Waals surface area contributed by atoms with E-state index in [9.17, 15) is 9.59 Å². The minimum absolute atomic E-state index is 0.118. The molecule has 0 bridgehead atoms. The number of nitrogens with zero attached hydrogens (tertiary/aromatic N) is 3. The molecule has 0 saturated heterocycles. The van der Waals surface area contributed by atoms with Gasteiger partial charge in [-0.2, -0.15) is 5.10 Å². The Balaban J connectivity index is 1.53. The van der Waals surface area contributed by atoms with E-state index in [2.05, 4.69) is 10.4 Å². The number of nitrogens with one attached hydrogen (secondary N) is 1. The average Bonchev–Trinajstić information content (AvgIpc) is 3.53. The van der Waals surface area contributed by atoms with E-state index in [0.717, 1.165) is 36.8 Å². The molecule has 1 aromatic carbocycles. The van der Waals surface area contributed by atoms with E-state index in [4.69, 9.17) is 4.42 Å². The lowest BCUT2D eigenvalue weighted by atomic mass is 9.93. The van der Waals surface area contributed by atoms with Gasteiger partial charge >= 0.3 is 0 Å². The number of fused-ring (bicyclic) bond motifs is 1. The first-order valence-corrected chi connectivity index (χ1v) is 11.2. The third-order valence-corrected chi connectivity index (χ3v) is 6.84. The van der Waals surface area contributed by atoms with Crippen molar-refractivity contribution in [3.8, 4) is 11.5 Å². The molecule has 1 aliphatic carbocycles. The normalized spacial score (nSPS) is 21.1. The van der Waals surface area contributed by atoms with Gasteiger partial charge in [-0.05, 0) is 49.9 Å². The molecule has 1 atom stereocenters. The minimum atomic E-state index is -1.05. The van der Waals surface area contributed by atoms with Crippen LogP contribution in [0.4, 0.5) is 0 Å². The molecule has 0 spiro atoms. The van der Waals surface area contributed by atoms with Gasteiger partial charge in [0.1, 0.15) is 16.9 Å². The lowest BCUT2D eigenvalue weighted by molar-refractivity contribution is -0.134. The van der Waals surface area contributed by atoms with Crippen molar-refractivity contribution in [2.45, 2.75) is 64.2 Å². The van der Waals surface area contributed by atoms with Crippen molar-refractivity contribution >= 4 is 11.8 Å². The Hall–Kier alpha value is -3.35. The lowest BCUT2D eigenvalue weighted by Gasteiger charge is -2.44. The summed E-state index contributed by atoms with van der Waals surface area (Å²) in [4.78, 5) is 29.0. The van der Waals surface area contributed by atoms with Crippen molar-refractivity contribution in [3.63, 3.8) is 0 Å². The van der Waals surface area contributed by atoms with Crippen molar-refractivity contribution in [2.24, 2.45) is 0 Å². The molecule has 1 aliphatic heterocycles. The van der Waals surface area contributed by atoms with Crippen molar-refractivity contribution < 1.29 is 14.0 Å². The van der Waals surface area contributed by atoms with Crippen LogP contribution in [-0.2, 0) is 17.9 Å². The maximum Gasteiger partial charge on any atom is 0.273 e. The molecule has 1 fully saturated rings. The molecule has 1 saturated carbocycles. The number of hydrogen-bond donors (Lipinski definition) is 1. The second kappa shape index (κ2) is 7.97. The van der Waals surface area contributed by atoms with Gasteiger partial charge in [0.15, 0.2) is 5.76 Å². The van der Waals surface area contributed by atoms with Crippen LogP contribution in [0.5, 0.6) is 0 Å². The summed E-state index contributed by atoms with van der Waals surface area (Å²) >= 11 is 0. The van der Waals surface area contributed by atoms with Gasteiger partial charge in [-0.3, -0.25) is 14.3 Å². The number of carbonyl (C=O) groups is 2. The van der Waals surface area contributed by atoms with Gasteiger partial charge in [0.05, 0.1) is 12.8 Å². The summed E-state index contributed by atoms with van der Waals surface area (Å²) in [5, 5.41) is 7.82. The number of hydrogen-bond acceptors (Lipinski definition) is 4. The van der Waals surface area contributed by atoms with Crippen LogP contribution in [0.3, 0.4) is 0 Å². The van der Waals surface area contributed by atoms with Gasteiger partial charge in [0.2, 0.25) is 5.91 Å². The molecule has 3 heterocycles. The van der Waals surface area contributed by atoms with Crippen LogP contribution in [-0.4, -0.2) is 38.1 Å². The quantitative estimate of drug-likeness (QED) is 0.663. The van der Waals surface area contributed by atoms with Gasteiger partial charge in [-0.25, -0.2) is 0 Å². The number of amides is 2. The Morgan fingerprint density at radius 2 is 2.00 bits per heavy atom. The number of furan rings is 1. The zero-order chi connectivity index (χ0) is 22.3. The molecule has 3 aromatic rings. The van der Waals surface area contributed by atoms with Crippen LogP contribution in [0, 0.1) is 6.92 Å². The van der Waals surface area contributed by atoms with Gasteiger partial charge in [-0.1, -0.05) is 37.1 Å². The predicted octanol–water partition coefficient (Wildman–Crippen LogP) is 3.93. The van der Waals surface area contributed by atoms with E-state index in [1.165, 1.54) is 0 Å². The predicted molar refractivity (Wildman–Crippen MR) is 120 cm³/mol. The fraction of sp³-hybridized carbons (Fsp3) is 0.400. The number of carbonyl (C=O) groups excluding carboxylic acids is 2. The number of rotatable bonds is 5. The van der Waals surface area contributed by atoms with Gasteiger partial charge < -0.3 is 14.6 Å². The third-order valence-electron chi connectivity index (χ3n) is 6.84. The summed E-state index contributed by atoms with van der Waals surface area (Å²) in [5.41, 5.74) is 2.13. The standard InChI is InChI=1S/C25H28N4O3/c1-17-8-3-4-9-18(17)15-28-23(30)21-14-20(22-12-7-13-32-22)27-29(21)16-25(28,2)24(31)26-19-10-5-6-11-19/h3-4,7-9,12-14,19H,5-6,10-11,15-16H2,1-2H3,(H,26,31). The number of benzene rings is 1. The van der Waals surface area contributed by atoms with Crippen LogP contribution in [0.2, 0.25) is 0 Å². The van der Waals surface area contributed by atoms with Crippen molar-refractivity contribution in [3.05, 3.63) is 65.5 Å². The SMILES string of the molecule is Cc1ccccc1CN1C(=O)c2cc(-c3ccco3)nn2CC1(C)C(=O)NC1CCCC1. The Kier molecular flexibility index (Phi) is 5.12. The first kappa shape index (κ1) is 20.5. The highest BCUT2D eigenvalue weighted by molar-refractivity contribution is 6.00. The molecule has 2 amide bonds. The summed E-state index contributed by atoms with van der Waals surface area (Å²) < 4.78 is 7.13. The summed E-state index contributed by atoms with van der Waals surface area (Å²) in [6, 6.07) is 13.5. The average molecular weight is 433 g/mol. The minimum Gasteiger partial charge on any atom is -0.463 e. The number of aromatic nitrogens is 2. The smallest absolute Gasteiger partial charge is 0.273 e. The number of aryl methyl sites for hydroxylation is 1. The largest absolute Gasteiger partial charge is 0.463 e. The second-order valence-electron chi connectivity index (χ2n) is 9.10. The van der Waals surface area contributed by atoms with Crippen LogP contribution in [0.1, 0.15) is 54.2 Å². The van der Waals surface area contributed by atoms with Crippen molar-refractivity contribution in [1.82, 2.24) is 20.0 Å². The molecule has 166 valence electrons. The van der Waals surface area contributed by atoms with Gasteiger partial charge in [0.25, 0.3) is 5.91 Å². The Labute approximate surface area is 187 Å². The molecule has 7 heteroatoms. The monoisotopic (exact) mass is 432 g/mol. The first-order valence-electron chi connectivity index (χ1n) is 11.2. The molecule has 1 unspecified atom stereocenters. The summed E-state index contributed by atoms with van der Waals surface area (Å²) in [6.07, 6.45) is 5.82. The first-order chi connectivity index (χ1) is 15.5. The zero-order valence-electron chi connectivity index (χ0n) is 18.5. The zero-order valence-corrected chi connectivity index (χ0v) is 18.5. The maximum atomic E-state index is 13.7. The van der Waals surface area contributed by atoms with E-state index in [0.29, 0.717) is 30.2 Å². The van der Waals surface area contributed by atoms with Crippen molar-refractivity contribution in [2.75, 3.05) is 0 Å². The highest BCUT2D eigenvalue weighted by Gasteiger charge is 2.48. The van der Waals surface area contributed by atoms with Crippen LogP contribution >= 0.6 is 0 Å². The highest BCUT2D eigenvalue weighted by atomic mass is 16.3. The molecular formula is C25H28N4O3. The van der Waals surface area contributed by atoms with E-state index < -0.39 is 5.54 Å². The van der Waals surface area contributed by atoms with Crippen LogP contribution < -0.4 is 5.32 Å². The van der Waals surface area contributed by atoms with E-state index in [1.807, 2.05) is 44.2 Å². The second-order valence-corrected chi connectivity index (χ2v) is 9.10. The van der Waals surface area contributed by atoms with Gasteiger partial charge in [-0.15, -0.1) is 0 Å². The third kappa shape index (κ3) is 3.51. The molecule has 0 radical (unpaired) electrons. The van der Waals surface area contributed by atoms with E-state index in [1.54, 1.807) is 28.0 Å². The molecule has 5 rings (SSSR count). The Bertz CT molecular complexity index is 1140. The Morgan fingerprint density at radius 1 is 1.22 bits per heavy atom.